The van der Waals surface area contributed by atoms with Crippen LogP contribution in [-0.4, -0.2) is 29.9 Å². The van der Waals surface area contributed by atoms with Crippen molar-refractivity contribution in [1.29, 1.82) is 0 Å². The summed E-state index contributed by atoms with van der Waals surface area (Å²) in [6, 6.07) is 5.60. The van der Waals surface area contributed by atoms with Crippen LogP contribution in [0.25, 0.3) is 0 Å². The van der Waals surface area contributed by atoms with E-state index in [1.807, 2.05) is 24.0 Å². The highest BCUT2D eigenvalue weighted by Gasteiger charge is 2.35. The first-order valence-electron chi connectivity index (χ1n) is 6.62. The van der Waals surface area contributed by atoms with E-state index < -0.39 is 0 Å². The first-order valence-corrected chi connectivity index (χ1v) is 7.00. The molecule has 20 heavy (non-hydrogen) atoms. The fourth-order valence-corrected chi connectivity index (χ4v) is 2.71. The molecule has 1 aliphatic rings. The standard InChI is InChI=1S/C15H21ClN2O.ClH/c1-10-4-5-11(16)8-12(10)14(19)18-7-6-13(17)15(2,3)9-18;/h4-5,8,13H,6-7,9,17H2,1-3H3;1H. The molecule has 1 aromatic rings. The Hall–Kier alpha value is -0.770. The third kappa shape index (κ3) is 3.46. The van der Waals surface area contributed by atoms with Crippen molar-refractivity contribution in [3.8, 4) is 0 Å². The van der Waals surface area contributed by atoms with E-state index in [9.17, 15) is 4.79 Å². The first kappa shape index (κ1) is 17.3. The first-order chi connectivity index (χ1) is 8.81. The number of aryl methyl sites for hydroxylation is 1. The van der Waals surface area contributed by atoms with E-state index >= 15 is 0 Å². The van der Waals surface area contributed by atoms with E-state index in [0.717, 1.165) is 18.5 Å². The highest BCUT2D eigenvalue weighted by molar-refractivity contribution is 6.31. The second-order valence-corrected chi connectivity index (χ2v) is 6.51. The van der Waals surface area contributed by atoms with Crippen molar-refractivity contribution >= 4 is 29.9 Å². The van der Waals surface area contributed by atoms with E-state index in [4.69, 9.17) is 17.3 Å². The van der Waals surface area contributed by atoms with E-state index in [-0.39, 0.29) is 29.8 Å². The number of rotatable bonds is 1. The van der Waals surface area contributed by atoms with Crippen LogP contribution in [0.1, 0.15) is 36.2 Å². The largest absolute Gasteiger partial charge is 0.338 e. The van der Waals surface area contributed by atoms with Crippen LogP contribution in [0, 0.1) is 12.3 Å². The summed E-state index contributed by atoms with van der Waals surface area (Å²) in [6.45, 7) is 7.57. The Morgan fingerprint density at radius 2 is 2.10 bits per heavy atom. The summed E-state index contributed by atoms with van der Waals surface area (Å²) in [5.41, 5.74) is 7.72. The SMILES string of the molecule is Cc1ccc(Cl)cc1C(=O)N1CCC(N)C(C)(C)C1.Cl. The highest BCUT2D eigenvalue weighted by atomic mass is 35.5. The Balaban J connectivity index is 0.00000200. The van der Waals surface area contributed by atoms with Gasteiger partial charge >= 0.3 is 0 Å². The molecule has 1 atom stereocenters. The molecule has 0 bridgehead atoms. The van der Waals surface area contributed by atoms with Gasteiger partial charge in [0.2, 0.25) is 0 Å². The molecule has 3 nitrogen and oxygen atoms in total. The van der Waals surface area contributed by atoms with Crippen molar-refractivity contribution in [2.45, 2.75) is 33.2 Å². The summed E-state index contributed by atoms with van der Waals surface area (Å²) in [5, 5.41) is 0.599. The molecule has 5 heteroatoms. The van der Waals surface area contributed by atoms with Gasteiger partial charge in [0.15, 0.2) is 0 Å². The Morgan fingerprint density at radius 1 is 1.45 bits per heavy atom. The van der Waals surface area contributed by atoms with Crippen molar-refractivity contribution in [3.63, 3.8) is 0 Å². The molecular weight excluding hydrogens is 295 g/mol. The maximum absolute atomic E-state index is 12.6. The molecule has 2 rings (SSSR count). The second kappa shape index (κ2) is 6.33. The van der Waals surface area contributed by atoms with Crippen molar-refractivity contribution in [2.75, 3.05) is 13.1 Å². The number of amides is 1. The molecule has 0 saturated carbocycles. The molecule has 0 radical (unpaired) electrons. The topological polar surface area (TPSA) is 46.3 Å². The van der Waals surface area contributed by atoms with Crippen LogP contribution in [0.4, 0.5) is 0 Å². The fraction of sp³-hybridized carbons (Fsp3) is 0.533. The van der Waals surface area contributed by atoms with Crippen LogP contribution in [0.3, 0.4) is 0 Å². The van der Waals surface area contributed by atoms with Gasteiger partial charge in [-0.1, -0.05) is 31.5 Å². The van der Waals surface area contributed by atoms with E-state index in [2.05, 4.69) is 13.8 Å². The Morgan fingerprint density at radius 3 is 2.70 bits per heavy atom. The van der Waals surface area contributed by atoms with Crippen molar-refractivity contribution in [2.24, 2.45) is 11.1 Å². The van der Waals surface area contributed by atoms with Crippen molar-refractivity contribution in [1.82, 2.24) is 4.90 Å². The average Bonchev–Trinajstić information content (AvgIpc) is 2.35. The molecule has 1 unspecified atom stereocenters. The molecule has 1 fully saturated rings. The number of nitrogens with two attached hydrogens (primary N) is 1. The minimum absolute atomic E-state index is 0. The summed E-state index contributed by atoms with van der Waals surface area (Å²) >= 11 is 5.99. The summed E-state index contributed by atoms with van der Waals surface area (Å²) in [5.74, 6) is 0.0555. The van der Waals surface area contributed by atoms with E-state index in [1.54, 1.807) is 6.07 Å². The predicted octanol–water partition coefficient (Wildman–Crippen LogP) is 3.27. The predicted molar refractivity (Wildman–Crippen MR) is 85.7 cm³/mol. The monoisotopic (exact) mass is 316 g/mol. The molecule has 112 valence electrons. The van der Waals surface area contributed by atoms with Gasteiger partial charge in [0.1, 0.15) is 0 Å². The van der Waals surface area contributed by atoms with Gasteiger partial charge in [-0.25, -0.2) is 0 Å². The number of nitrogens with zero attached hydrogens (tertiary/aromatic N) is 1. The lowest BCUT2D eigenvalue weighted by molar-refractivity contribution is 0.0532. The Labute approximate surface area is 131 Å². The Bertz CT molecular complexity index is 503. The van der Waals surface area contributed by atoms with Crippen LogP contribution in [0.15, 0.2) is 18.2 Å². The van der Waals surface area contributed by atoms with Gasteiger partial charge in [-0.05, 0) is 36.5 Å². The molecule has 2 N–H and O–H groups in total. The molecular formula is C15H22Cl2N2O. The van der Waals surface area contributed by atoms with Crippen LogP contribution >= 0.6 is 24.0 Å². The lowest BCUT2D eigenvalue weighted by Crippen LogP contribution is -2.54. The quantitative estimate of drug-likeness (QED) is 0.864. The third-order valence-corrected chi connectivity index (χ3v) is 4.26. The van der Waals surface area contributed by atoms with Crippen molar-refractivity contribution < 1.29 is 4.79 Å². The van der Waals surface area contributed by atoms with Gasteiger partial charge in [-0.2, -0.15) is 0 Å². The highest BCUT2D eigenvalue weighted by Crippen LogP contribution is 2.29. The number of benzene rings is 1. The van der Waals surface area contributed by atoms with E-state index in [0.29, 0.717) is 17.1 Å². The van der Waals surface area contributed by atoms with E-state index in [1.165, 1.54) is 0 Å². The number of halogens is 2. The zero-order chi connectivity index (χ0) is 14.2. The number of likely N-dealkylation sites (tertiary alicyclic amines) is 1. The van der Waals surface area contributed by atoms with Gasteiger partial charge in [-0.3, -0.25) is 4.79 Å². The van der Waals surface area contributed by atoms with Gasteiger partial charge in [0.05, 0.1) is 0 Å². The summed E-state index contributed by atoms with van der Waals surface area (Å²) < 4.78 is 0. The molecule has 0 aromatic heterocycles. The zero-order valence-electron chi connectivity index (χ0n) is 12.1. The maximum Gasteiger partial charge on any atom is 0.254 e. The van der Waals surface area contributed by atoms with Gasteiger partial charge in [-0.15, -0.1) is 12.4 Å². The van der Waals surface area contributed by atoms with Crippen LogP contribution < -0.4 is 5.73 Å². The van der Waals surface area contributed by atoms with Gasteiger partial charge < -0.3 is 10.6 Å². The summed E-state index contributed by atoms with van der Waals surface area (Å²) in [7, 11) is 0. The smallest absolute Gasteiger partial charge is 0.254 e. The number of carbonyl (C=O) groups is 1. The molecule has 1 saturated heterocycles. The molecule has 1 aromatic carbocycles. The van der Waals surface area contributed by atoms with Crippen LogP contribution in [-0.2, 0) is 0 Å². The molecule has 1 heterocycles. The lowest BCUT2D eigenvalue weighted by atomic mass is 9.79. The van der Waals surface area contributed by atoms with Crippen LogP contribution in [0.2, 0.25) is 5.02 Å². The molecule has 0 spiro atoms. The zero-order valence-corrected chi connectivity index (χ0v) is 13.7. The summed E-state index contributed by atoms with van der Waals surface area (Å²) in [6.07, 6.45) is 0.846. The minimum Gasteiger partial charge on any atom is -0.338 e. The van der Waals surface area contributed by atoms with Crippen LogP contribution in [0.5, 0.6) is 0 Å². The Kier molecular flexibility index (Phi) is 5.47. The number of hydrogen-bond donors (Lipinski definition) is 1. The molecule has 0 aliphatic carbocycles. The molecule has 1 aliphatic heterocycles. The van der Waals surface area contributed by atoms with Crippen molar-refractivity contribution in [3.05, 3.63) is 34.3 Å². The normalized spacial score (nSPS) is 21.2. The summed E-state index contributed by atoms with van der Waals surface area (Å²) in [4.78, 5) is 14.5. The average molecular weight is 317 g/mol. The minimum atomic E-state index is -0.0413. The molecule has 1 amide bonds. The maximum atomic E-state index is 12.6. The second-order valence-electron chi connectivity index (χ2n) is 6.07. The van der Waals surface area contributed by atoms with Gasteiger partial charge in [0.25, 0.3) is 5.91 Å². The number of piperidine rings is 1. The van der Waals surface area contributed by atoms with Gasteiger partial charge in [0, 0.05) is 29.7 Å². The lowest BCUT2D eigenvalue weighted by Gasteiger charge is -2.42. The number of carbonyl (C=O) groups excluding carboxylic acids is 1. The number of hydrogen-bond acceptors (Lipinski definition) is 2. The fourth-order valence-electron chi connectivity index (χ4n) is 2.54. The third-order valence-electron chi connectivity index (χ3n) is 4.03.